The molecule has 0 saturated heterocycles. The fourth-order valence-corrected chi connectivity index (χ4v) is 1.79. The first kappa shape index (κ1) is 16.8. The summed E-state index contributed by atoms with van der Waals surface area (Å²) in [4.78, 5) is 2.41. The fourth-order valence-electron chi connectivity index (χ4n) is 1.79. The minimum atomic E-state index is 0.642. The minimum absolute atomic E-state index is 0.642. The lowest BCUT2D eigenvalue weighted by atomic mass is 10.1. The van der Waals surface area contributed by atoms with Crippen molar-refractivity contribution in [2.24, 2.45) is 11.7 Å². The number of hydrogen-bond acceptors (Lipinski definition) is 4. The molecule has 0 aliphatic carbocycles. The van der Waals surface area contributed by atoms with Crippen LogP contribution in [0.3, 0.4) is 0 Å². The lowest BCUT2D eigenvalue weighted by Crippen LogP contribution is -2.35. The Morgan fingerprint density at radius 2 is 1.59 bits per heavy atom. The van der Waals surface area contributed by atoms with Gasteiger partial charge in [0.05, 0.1) is 13.2 Å². The second-order valence-corrected chi connectivity index (χ2v) is 4.38. The second kappa shape index (κ2) is 12.3. The molecule has 0 aromatic heterocycles. The zero-order chi connectivity index (χ0) is 12.9. The molecule has 2 N–H and O–H groups in total. The van der Waals surface area contributed by atoms with Crippen LogP contribution in [0.15, 0.2) is 0 Å². The molecule has 0 spiro atoms. The van der Waals surface area contributed by atoms with Gasteiger partial charge in [0.2, 0.25) is 0 Å². The van der Waals surface area contributed by atoms with Gasteiger partial charge >= 0.3 is 0 Å². The summed E-state index contributed by atoms with van der Waals surface area (Å²) in [6.07, 6.45) is 1.08. The number of hydrogen-bond donors (Lipinski definition) is 1. The van der Waals surface area contributed by atoms with E-state index in [9.17, 15) is 0 Å². The van der Waals surface area contributed by atoms with Crippen molar-refractivity contribution in [3.63, 3.8) is 0 Å². The number of nitrogens with zero attached hydrogens (tertiary/aromatic N) is 1. The molecule has 0 radical (unpaired) electrons. The molecule has 0 aliphatic rings. The van der Waals surface area contributed by atoms with Gasteiger partial charge in [0.25, 0.3) is 0 Å². The van der Waals surface area contributed by atoms with Crippen LogP contribution in [-0.2, 0) is 9.47 Å². The van der Waals surface area contributed by atoms with Crippen LogP contribution in [0.25, 0.3) is 0 Å². The Bertz CT molecular complexity index is 146. The van der Waals surface area contributed by atoms with E-state index in [1.807, 2.05) is 13.8 Å². The van der Waals surface area contributed by atoms with Crippen molar-refractivity contribution >= 4 is 0 Å². The zero-order valence-electron chi connectivity index (χ0n) is 11.8. The third-order valence-electron chi connectivity index (χ3n) is 2.74. The molecule has 0 bridgehead atoms. The largest absolute Gasteiger partial charge is 0.380 e. The van der Waals surface area contributed by atoms with Gasteiger partial charge in [-0.25, -0.2) is 0 Å². The number of ether oxygens (including phenoxy) is 2. The topological polar surface area (TPSA) is 47.7 Å². The Morgan fingerprint density at radius 3 is 2.00 bits per heavy atom. The molecule has 0 saturated carbocycles. The summed E-state index contributed by atoms with van der Waals surface area (Å²) in [6, 6.07) is 0. The Hall–Kier alpha value is -0.160. The van der Waals surface area contributed by atoms with Crippen molar-refractivity contribution in [1.29, 1.82) is 0 Å². The van der Waals surface area contributed by atoms with Crippen LogP contribution in [0.1, 0.15) is 27.2 Å². The normalized spacial score (nSPS) is 13.2. The van der Waals surface area contributed by atoms with E-state index in [0.29, 0.717) is 5.92 Å². The standard InChI is InChI=1S/C13H30N2O2/c1-4-16-10-8-15(9-11-17-5-2)12-13(3)6-7-14/h13H,4-12,14H2,1-3H3. The molecule has 0 heterocycles. The monoisotopic (exact) mass is 246 g/mol. The summed E-state index contributed by atoms with van der Waals surface area (Å²) < 4.78 is 10.8. The molecule has 0 rings (SSSR count). The molecule has 0 amide bonds. The van der Waals surface area contributed by atoms with E-state index in [1.165, 1.54) is 0 Å². The van der Waals surface area contributed by atoms with Gasteiger partial charge in [0.15, 0.2) is 0 Å². The highest BCUT2D eigenvalue weighted by Gasteiger charge is 2.09. The van der Waals surface area contributed by atoms with Crippen LogP contribution in [-0.4, -0.2) is 57.5 Å². The molecule has 4 nitrogen and oxygen atoms in total. The van der Waals surface area contributed by atoms with E-state index in [0.717, 1.165) is 59.0 Å². The molecule has 4 heteroatoms. The summed E-state index contributed by atoms with van der Waals surface area (Å²) in [7, 11) is 0. The van der Waals surface area contributed by atoms with Gasteiger partial charge in [-0.3, -0.25) is 4.90 Å². The van der Waals surface area contributed by atoms with Crippen molar-refractivity contribution in [3.05, 3.63) is 0 Å². The molecule has 0 fully saturated rings. The maximum Gasteiger partial charge on any atom is 0.0593 e. The molecular weight excluding hydrogens is 216 g/mol. The lowest BCUT2D eigenvalue weighted by Gasteiger charge is -2.25. The minimum Gasteiger partial charge on any atom is -0.380 e. The van der Waals surface area contributed by atoms with Gasteiger partial charge in [-0.05, 0) is 32.7 Å². The van der Waals surface area contributed by atoms with Crippen LogP contribution >= 0.6 is 0 Å². The predicted molar refractivity (Wildman–Crippen MR) is 72.3 cm³/mol. The van der Waals surface area contributed by atoms with Crippen LogP contribution in [0.5, 0.6) is 0 Å². The Balaban J connectivity index is 3.82. The molecule has 0 aliphatic heterocycles. The molecule has 1 unspecified atom stereocenters. The first-order chi connectivity index (χ1) is 8.24. The van der Waals surface area contributed by atoms with Crippen molar-refractivity contribution in [2.75, 3.05) is 52.6 Å². The van der Waals surface area contributed by atoms with Gasteiger partial charge in [0, 0.05) is 32.8 Å². The van der Waals surface area contributed by atoms with Crippen LogP contribution < -0.4 is 5.73 Å². The van der Waals surface area contributed by atoms with E-state index in [-0.39, 0.29) is 0 Å². The van der Waals surface area contributed by atoms with Gasteiger partial charge < -0.3 is 15.2 Å². The predicted octanol–water partition coefficient (Wildman–Crippen LogP) is 1.35. The SMILES string of the molecule is CCOCCN(CCOCC)CC(C)CCN. The third-order valence-corrected chi connectivity index (χ3v) is 2.74. The Morgan fingerprint density at radius 1 is 1.06 bits per heavy atom. The summed E-state index contributed by atoms with van der Waals surface area (Å²) in [6.45, 7) is 13.3. The van der Waals surface area contributed by atoms with E-state index >= 15 is 0 Å². The maximum atomic E-state index is 5.58. The summed E-state index contributed by atoms with van der Waals surface area (Å²) >= 11 is 0. The molecule has 104 valence electrons. The zero-order valence-corrected chi connectivity index (χ0v) is 11.8. The lowest BCUT2D eigenvalue weighted by molar-refractivity contribution is 0.0764. The Labute approximate surface area is 106 Å². The van der Waals surface area contributed by atoms with Crippen molar-refractivity contribution in [2.45, 2.75) is 27.2 Å². The van der Waals surface area contributed by atoms with Gasteiger partial charge in [-0.15, -0.1) is 0 Å². The Kier molecular flexibility index (Phi) is 12.2. The van der Waals surface area contributed by atoms with Crippen LogP contribution in [0, 0.1) is 5.92 Å². The third kappa shape index (κ3) is 10.7. The summed E-state index contributed by atoms with van der Waals surface area (Å²) in [5.41, 5.74) is 5.58. The van der Waals surface area contributed by atoms with Crippen molar-refractivity contribution < 1.29 is 9.47 Å². The fraction of sp³-hybridized carbons (Fsp3) is 1.00. The first-order valence-corrected chi connectivity index (χ1v) is 6.82. The summed E-state index contributed by atoms with van der Waals surface area (Å²) in [5, 5.41) is 0. The molecule has 0 aromatic rings. The summed E-state index contributed by atoms with van der Waals surface area (Å²) in [5.74, 6) is 0.642. The van der Waals surface area contributed by atoms with E-state index < -0.39 is 0 Å². The van der Waals surface area contributed by atoms with Crippen LogP contribution in [0.2, 0.25) is 0 Å². The molecule has 17 heavy (non-hydrogen) atoms. The van der Waals surface area contributed by atoms with Crippen LogP contribution in [0.4, 0.5) is 0 Å². The first-order valence-electron chi connectivity index (χ1n) is 6.82. The van der Waals surface area contributed by atoms with Gasteiger partial charge in [0.1, 0.15) is 0 Å². The highest BCUT2D eigenvalue weighted by Crippen LogP contribution is 2.04. The molecular formula is C13H30N2O2. The highest BCUT2D eigenvalue weighted by molar-refractivity contribution is 4.63. The van der Waals surface area contributed by atoms with E-state index in [4.69, 9.17) is 15.2 Å². The second-order valence-electron chi connectivity index (χ2n) is 4.38. The number of nitrogens with two attached hydrogens (primary N) is 1. The molecule has 0 aromatic carbocycles. The maximum absolute atomic E-state index is 5.58. The smallest absolute Gasteiger partial charge is 0.0593 e. The van der Waals surface area contributed by atoms with Crippen molar-refractivity contribution in [1.82, 2.24) is 4.90 Å². The number of rotatable bonds is 12. The van der Waals surface area contributed by atoms with E-state index in [2.05, 4.69) is 11.8 Å². The quantitative estimate of drug-likeness (QED) is 0.528. The molecule has 1 atom stereocenters. The van der Waals surface area contributed by atoms with E-state index in [1.54, 1.807) is 0 Å². The highest BCUT2D eigenvalue weighted by atomic mass is 16.5. The van der Waals surface area contributed by atoms with Gasteiger partial charge in [-0.2, -0.15) is 0 Å². The van der Waals surface area contributed by atoms with Crippen molar-refractivity contribution in [3.8, 4) is 0 Å². The van der Waals surface area contributed by atoms with Gasteiger partial charge in [-0.1, -0.05) is 6.92 Å². The average Bonchev–Trinajstić information content (AvgIpc) is 2.29. The average molecular weight is 246 g/mol.